The molecule has 1 aromatic carbocycles. The summed E-state index contributed by atoms with van der Waals surface area (Å²) < 4.78 is 28.6. The topological polar surface area (TPSA) is 60.2 Å². The summed E-state index contributed by atoms with van der Waals surface area (Å²) in [6.07, 6.45) is 2.54. The number of benzene rings is 1. The highest BCUT2D eigenvalue weighted by molar-refractivity contribution is 5.32. The molecule has 6 heteroatoms. The predicted octanol–water partition coefficient (Wildman–Crippen LogP) is 3.51. The number of pyridine rings is 1. The number of alkyl halides is 2. The Hall–Kier alpha value is -2.21. The van der Waals surface area contributed by atoms with Crippen molar-refractivity contribution in [1.82, 2.24) is 10.3 Å². The first-order valence-electron chi connectivity index (χ1n) is 7.07. The van der Waals surface area contributed by atoms with Gasteiger partial charge in [-0.3, -0.25) is 0 Å². The van der Waals surface area contributed by atoms with Crippen LogP contribution >= 0.6 is 0 Å². The summed E-state index contributed by atoms with van der Waals surface area (Å²) in [5.74, 6) is 0.649. The molecule has 0 spiro atoms. The number of ether oxygens (including phenoxy) is 1. The summed E-state index contributed by atoms with van der Waals surface area (Å²) in [6.45, 7) is -0.0917. The van der Waals surface area contributed by atoms with Crippen LogP contribution in [0.3, 0.4) is 0 Å². The molecule has 1 aromatic heterocycles. The molecule has 0 aliphatic heterocycles. The van der Waals surface area contributed by atoms with Crippen molar-refractivity contribution >= 4 is 5.82 Å². The fourth-order valence-electron chi connectivity index (χ4n) is 2.22. The van der Waals surface area contributed by atoms with E-state index in [-0.39, 0.29) is 11.8 Å². The minimum atomic E-state index is -2.80. The van der Waals surface area contributed by atoms with Crippen molar-refractivity contribution in [2.24, 2.45) is 0 Å². The van der Waals surface area contributed by atoms with Crippen LogP contribution in [-0.2, 0) is 6.54 Å². The Morgan fingerprint density at radius 2 is 1.95 bits per heavy atom. The Balaban J connectivity index is 1.98. The zero-order valence-corrected chi connectivity index (χ0v) is 12.3. The third-order valence-corrected chi connectivity index (χ3v) is 3.31. The molecular formula is C16H19F2N3O. The summed E-state index contributed by atoms with van der Waals surface area (Å²) in [7, 11) is 0. The SMILES string of the molecule is CC[C@H](NCc1ccnc(N)c1)c1ccc(OC(F)F)cc1. The lowest BCUT2D eigenvalue weighted by atomic mass is 10.0. The number of nitrogens with two attached hydrogens (primary N) is 1. The van der Waals surface area contributed by atoms with Gasteiger partial charge in [-0.15, -0.1) is 0 Å². The zero-order chi connectivity index (χ0) is 15.9. The minimum absolute atomic E-state index is 0.120. The Morgan fingerprint density at radius 3 is 2.55 bits per heavy atom. The molecule has 22 heavy (non-hydrogen) atoms. The number of halogens is 2. The van der Waals surface area contributed by atoms with Crippen LogP contribution in [0.15, 0.2) is 42.6 Å². The standard InChI is InChI=1S/C16H19F2N3O/c1-2-14(21-10-11-7-8-20-15(19)9-11)12-3-5-13(6-4-12)22-16(17)18/h3-9,14,16,21H,2,10H2,1H3,(H2,19,20)/t14-/m0/s1. The Morgan fingerprint density at radius 1 is 1.23 bits per heavy atom. The molecule has 118 valence electrons. The average Bonchev–Trinajstić information content (AvgIpc) is 2.49. The quantitative estimate of drug-likeness (QED) is 0.822. The van der Waals surface area contributed by atoms with Gasteiger partial charge in [-0.1, -0.05) is 19.1 Å². The lowest BCUT2D eigenvalue weighted by Gasteiger charge is -2.18. The molecule has 0 aliphatic carbocycles. The van der Waals surface area contributed by atoms with Gasteiger partial charge in [0.2, 0.25) is 0 Å². The van der Waals surface area contributed by atoms with Crippen molar-refractivity contribution in [3.8, 4) is 5.75 Å². The number of anilines is 1. The molecule has 0 unspecified atom stereocenters. The Bertz CT molecular complexity index is 590. The first kappa shape index (κ1) is 16.2. The molecule has 3 N–H and O–H groups in total. The number of hydrogen-bond acceptors (Lipinski definition) is 4. The monoisotopic (exact) mass is 307 g/mol. The first-order chi connectivity index (χ1) is 10.6. The van der Waals surface area contributed by atoms with Crippen molar-refractivity contribution in [3.05, 3.63) is 53.7 Å². The van der Waals surface area contributed by atoms with E-state index in [0.29, 0.717) is 12.4 Å². The van der Waals surface area contributed by atoms with Gasteiger partial charge in [0, 0.05) is 18.8 Å². The molecule has 0 saturated heterocycles. The van der Waals surface area contributed by atoms with Crippen LogP contribution in [0.5, 0.6) is 5.75 Å². The number of hydrogen-bond donors (Lipinski definition) is 2. The number of rotatable bonds is 7. The largest absolute Gasteiger partial charge is 0.435 e. The van der Waals surface area contributed by atoms with Crippen LogP contribution in [0.2, 0.25) is 0 Å². The number of nitrogen functional groups attached to an aromatic ring is 1. The van der Waals surface area contributed by atoms with E-state index in [4.69, 9.17) is 5.73 Å². The second-order valence-electron chi connectivity index (χ2n) is 4.88. The van der Waals surface area contributed by atoms with Crippen LogP contribution in [0.4, 0.5) is 14.6 Å². The molecule has 2 rings (SSSR count). The van der Waals surface area contributed by atoms with Crippen molar-refractivity contribution in [1.29, 1.82) is 0 Å². The Labute approximate surface area is 128 Å². The van der Waals surface area contributed by atoms with Crippen LogP contribution in [0.1, 0.15) is 30.5 Å². The second kappa shape index (κ2) is 7.70. The van der Waals surface area contributed by atoms with Crippen LogP contribution in [-0.4, -0.2) is 11.6 Å². The summed E-state index contributed by atoms with van der Waals surface area (Å²) in [6, 6.07) is 10.5. The summed E-state index contributed by atoms with van der Waals surface area (Å²) in [5, 5.41) is 3.42. The third-order valence-electron chi connectivity index (χ3n) is 3.31. The summed E-state index contributed by atoms with van der Waals surface area (Å²) in [5.41, 5.74) is 7.72. The molecule has 1 heterocycles. The molecule has 1 atom stereocenters. The maximum Gasteiger partial charge on any atom is 0.387 e. The van der Waals surface area contributed by atoms with Gasteiger partial charge in [0.15, 0.2) is 0 Å². The molecular weight excluding hydrogens is 288 g/mol. The highest BCUT2D eigenvalue weighted by atomic mass is 19.3. The van der Waals surface area contributed by atoms with Gasteiger partial charge in [0.25, 0.3) is 0 Å². The molecule has 0 fully saturated rings. The molecule has 0 amide bonds. The van der Waals surface area contributed by atoms with E-state index in [0.717, 1.165) is 17.5 Å². The van der Waals surface area contributed by atoms with Crippen LogP contribution in [0.25, 0.3) is 0 Å². The third kappa shape index (κ3) is 4.66. The zero-order valence-electron chi connectivity index (χ0n) is 12.3. The molecule has 4 nitrogen and oxygen atoms in total. The van der Waals surface area contributed by atoms with E-state index in [9.17, 15) is 8.78 Å². The fourth-order valence-corrected chi connectivity index (χ4v) is 2.22. The van der Waals surface area contributed by atoms with Crippen molar-refractivity contribution < 1.29 is 13.5 Å². The molecule has 2 aromatic rings. The van der Waals surface area contributed by atoms with E-state index in [1.54, 1.807) is 30.5 Å². The van der Waals surface area contributed by atoms with E-state index in [1.807, 2.05) is 12.1 Å². The van der Waals surface area contributed by atoms with Crippen molar-refractivity contribution in [2.75, 3.05) is 5.73 Å². The molecule has 0 bridgehead atoms. The van der Waals surface area contributed by atoms with E-state index in [1.165, 1.54) is 0 Å². The summed E-state index contributed by atoms with van der Waals surface area (Å²) in [4.78, 5) is 3.95. The molecule has 0 aliphatic rings. The second-order valence-corrected chi connectivity index (χ2v) is 4.88. The smallest absolute Gasteiger partial charge is 0.387 e. The maximum atomic E-state index is 12.1. The number of nitrogens with one attached hydrogen (secondary N) is 1. The maximum absolute atomic E-state index is 12.1. The van der Waals surface area contributed by atoms with Crippen LogP contribution < -0.4 is 15.8 Å². The summed E-state index contributed by atoms with van der Waals surface area (Å²) >= 11 is 0. The normalized spacial score (nSPS) is 12.4. The predicted molar refractivity (Wildman–Crippen MR) is 81.6 cm³/mol. The van der Waals surface area contributed by atoms with E-state index in [2.05, 4.69) is 22.0 Å². The molecule has 0 saturated carbocycles. The lowest BCUT2D eigenvalue weighted by molar-refractivity contribution is -0.0498. The molecule has 0 radical (unpaired) electrons. The van der Waals surface area contributed by atoms with Gasteiger partial charge in [-0.25, -0.2) is 4.98 Å². The van der Waals surface area contributed by atoms with Gasteiger partial charge in [-0.2, -0.15) is 8.78 Å². The van der Waals surface area contributed by atoms with Gasteiger partial charge in [-0.05, 0) is 41.8 Å². The van der Waals surface area contributed by atoms with Gasteiger partial charge in [0.1, 0.15) is 11.6 Å². The highest BCUT2D eigenvalue weighted by Crippen LogP contribution is 2.21. The van der Waals surface area contributed by atoms with Gasteiger partial charge < -0.3 is 15.8 Å². The minimum Gasteiger partial charge on any atom is -0.435 e. The van der Waals surface area contributed by atoms with Crippen molar-refractivity contribution in [3.63, 3.8) is 0 Å². The van der Waals surface area contributed by atoms with E-state index < -0.39 is 6.61 Å². The van der Waals surface area contributed by atoms with E-state index >= 15 is 0 Å². The van der Waals surface area contributed by atoms with Gasteiger partial charge in [0.05, 0.1) is 0 Å². The van der Waals surface area contributed by atoms with Gasteiger partial charge >= 0.3 is 6.61 Å². The number of aromatic nitrogens is 1. The fraction of sp³-hybridized carbons (Fsp3) is 0.312. The average molecular weight is 307 g/mol. The van der Waals surface area contributed by atoms with Crippen LogP contribution in [0, 0.1) is 0 Å². The first-order valence-corrected chi connectivity index (χ1v) is 7.07. The highest BCUT2D eigenvalue weighted by Gasteiger charge is 2.10. The Kier molecular flexibility index (Phi) is 5.66. The lowest BCUT2D eigenvalue weighted by Crippen LogP contribution is -2.20. The number of nitrogens with zero attached hydrogens (tertiary/aromatic N) is 1. The van der Waals surface area contributed by atoms with Crippen molar-refractivity contribution in [2.45, 2.75) is 32.5 Å².